The third-order valence-electron chi connectivity index (χ3n) is 7.26. The molecule has 1 aromatic carbocycles. The van der Waals surface area contributed by atoms with Crippen LogP contribution in [0.1, 0.15) is 50.5 Å². The summed E-state index contributed by atoms with van der Waals surface area (Å²) in [6.07, 6.45) is 5.20. The first-order valence-corrected chi connectivity index (χ1v) is 11.7. The van der Waals surface area contributed by atoms with Crippen molar-refractivity contribution in [3.63, 3.8) is 0 Å². The molecule has 1 atom stereocenters. The summed E-state index contributed by atoms with van der Waals surface area (Å²) >= 11 is 0. The first kappa shape index (κ1) is 22.8. The Labute approximate surface area is 190 Å². The van der Waals surface area contributed by atoms with Gasteiger partial charge in [-0.2, -0.15) is 0 Å². The Morgan fingerprint density at radius 1 is 1.16 bits per heavy atom. The Balaban J connectivity index is 1.65. The number of hydrogen-bond donors (Lipinski definition) is 0. The van der Waals surface area contributed by atoms with E-state index in [-0.39, 0.29) is 36.6 Å². The molecule has 4 rings (SSSR count). The van der Waals surface area contributed by atoms with Crippen LogP contribution < -0.4 is 4.74 Å². The molecule has 0 N–H and O–H groups in total. The number of methoxy groups -OCH3 is 2. The van der Waals surface area contributed by atoms with Crippen molar-refractivity contribution in [2.75, 3.05) is 34.4 Å². The molecule has 1 saturated heterocycles. The molecule has 3 aliphatic rings. The zero-order chi connectivity index (χ0) is 22.9. The number of carbonyl (C=O) groups is 3. The molecule has 0 aromatic heterocycles. The van der Waals surface area contributed by atoms with Gasteiger partial charge in [-0.15, -0.1) is 0 Å². The first-order valence-electron chi connectivity index (χ1n) is 11.7. The second-order valence-electron chi connectivity index (χ2n) is 9.50. The lowest BCUT2D eigenvalue weighted by Crippen LogP contribution is -2.46. The highest BCUT2D eigenvalue weighted by Gasteiger charge is 2.56. The predicted octanol–water partition coefficient (Wildman–Crippen LogP) is 2.77. The van der Waals surface area contributed by atoms with Crippen molar-refractivity contribution in [1.29, 1.82) is 0 Å². The monoisotopic (exact) mass is 442 g/mol. The maximum Gasteiger partial charge on any atom is 0.241 e. The van der Waals surface area contributed by atoms with Gasteiger partial charge >= 0.3 is 0 Å². The molecule has 32 heavy (non-hydrogen) atoms. The molecule has 174 valence electrons. The van der Waals surface area contributed by atoms with Crippen molar-refractivity contribution in [3.05, 3.63) is 29.8 Å². The molecule has 7 nitrogen and oxygen atoms in total. The SMILES string of the molecule is COCCCN1C(=O)C[C@](CC(=O)N(C)C(C2CC2)C2CC2)(c2ccccc2OC)C1=O. The fourth-order valence-corrected chi connectivity index (χ4v) is 5.32. The van der Waals surface area contributed by atoms with Crippen LogP contribution in [-0.2, 0) is 24.5 Å². The summed E-state index contributed by atoms with van der Waals surface area (Å²) in [5.74, 6) is 1.06. The Kier molecular flexibility index (Phi) is 6.56. The molecular weight excluding hydrogens is 408 g/mol. The summed E-state index contributed by atoms with van der Waals surface area (Å²) in [4.78, 5) is 43.5. The number of likely N-dealkylation sites (tertiary alicyclic amines) is 1. The van der Waals surface area contributed by atoms with E-state index in [1.807, 2.05) is 30.1 Å². The first-order chi connectivity index (χ1) is 15.4. The lowest BCUT2D eigenvalue weighted by molar-refractivity contribution is -0.143. The normalized spacial score (nSPS) is 23.2. The van der Waals surface area contributed by atoms with Gasteiger partial charge in [0.2, 0.25) is 17.7 Å². The molecule has 1 heterocycles. The summed E-state index contributed by atoms with van der Waals surface area (Å²) in [5, 5.41) is 0. The second kappa shape index (κ2) is 9.22. The number of imide groups is 1. The van der Waals surface area contributed by atoms with Gasteiger partial charge in [0.15, 0.2) is 0 Å². The molecule has 2 aliphatic carbocycles. The fraction of sp³-hybridized carbons (Fsp3) is 0.640. The van der Waals surface area contributed by atoms with Gasteiger partial charge in [0.05, 0.1) is 12.5 Å². The highest BCUT2D eigenvalue weighted by atomic mass is 16.5. The molecule has 3 fully saturated rings. The lowest BCUT2D eigenvalue weighted by Gasteiger charge is -2.33. The Hall–Kier alpha value is -2.41. The molecule has 3 amide bonds. The van der Waals surface area contributed by atoms with E-state index in [0.717, 1.165) is 0 Å². The van der Waals surface area contributed by atoms with E-state index in [4.69, 9.17) is 9.47 Å². The average molecular weight is 443 g/mol. The standard InChI is InChI=1S/C25H34N2O5/c1-26(23(17-9-10-17)18-11-12-18)21(28)15-25(19-7-4-5-8-20(19)32-3)16-22(29)27(24(25)30)13-6-14-31-2/h4-5,7-8,17-18,23H,6,9-16H2,1-3H3/t25-/m1/s1. The highest BCUT2D eigenvalue weighted by molar-refractivity contribution is 6.11. The van der Waals surface area contributed by atoms with Crippen molar-refractivity contribution in [3.8, 4) is 5.75 Å². The second-order valence-corrected chi connectivity index (χ2v) is 9.50. The quantitative estimate of drug-likeness (QED) is 0.389. The Morgan fingerprint density at radius 3 is 2.41 bits per heavy atom. The van der Waals surface area contributed by atoms with Gasteiger partial charge in [0.25, 0.3) is 0 Å². The third kappa shape index (κ3) is 4.27. The van der Waals surface area contributed by atoms with E-state index in [0.29, 0.717) is 42.7 Å². The van der Waals surface area contributed by atoms with Crippen LogP contribution in [0.5, 0.6) is 5.75 Å². The van der Waals surface area contributed by atoms with Gasteiger partial charge < -0.3 is 14.4 Å². The largest absolute Gasteiger partial charge is 0.496 e. The number of benzene rings is 1. The van der Waals surface area contributed by atoms with Crippen molar-refractivity contribution in [2.24, 2.45) is 11.8 Å². The third-order valence-corrected chi connectivity index (χ3v) is 7.26. The van der Waals surface area contributed by atoms with Crippen LogP contribution >= 0.6 is 0 Å². The van der Waals surface area contributed by atoms with Crippen molar-refractivity contribution < 1.29 is 23.9 Å². The molecule has 2 saturated carbocycles. The Morgan fingerprint density at radius 2 is 1.81 bits per heavy atom. The number of hydrogen-bond acceptors (Lipinski definition) is 5. The van der Waals surface area contributed by atoms with Crippen LogP contribution in [0.25, 0.3) is 0 Å². The van der Waals surface area contributed by atoms with E-state index >= 15 is 0 Å². The van der Waals surface area contributed by atoms with Gasteiger partial charge in [-0.3, -0.25) is 19.3 Å². The summed E-state index contributed by atoms with van der Waals surface area (Å²) < 4.78 is 10.7. The van der Waals surface area contributed by atoms with Crippen molar-refractivity contribution >= 4 is 17.7 Å². The maximum atomic E-state index is 13.8. The number of amides is 3. The van der Waals surface area contributed by atoms with Gasteiger partial charge in [0.1, 0.15) is 5.75 Å². The molecule has 0 bridgehead atoms. The maximum absolute atomic E-state index is 13.8. The molecule has 0 radical (unpaired) electrons. The Bertz CT molecular complexity index is 867. The predicted molar refractivity (Wildman–Crippen MR) is 119 cm³/mol. The van der Waals surface area contributed by atoms with E-state index in [2.05, 4.69) is 0 Å². The van der Waals surface area contributed by atoms with Gasteiger partial charge in [-0.1, -0.05) is 18.2 Å². The van der Waals surface area contributed by atoms with Crippen molar-refractivity contribution in [1.82, 2.24) is 9.80 Å². The van der Waals surface area contributed by atoms with Gasteiger partial charge in [-0.25, -0.2) is 0 Å². The van der Waals surface area contributed by atoms with Gasteiger partial charge in [0, 0.05) is 51.8 Å². The van der Waals surface area contributed by atoms with Crippen LogP contribution in [0, 0.1) is 11.8 Å². The number of rotatable bonds is 11. The van der Waals surface area contributed by atoms with Crippen molar-refractivity contribution in [2.45, 2.75) is 56.4 Å². The van der Waals surface area contributed by atoms with E-state index in [1.54, 1.807) is 20.3 Å². The molecular formula is C25H34N2O5. The summed E-state index contributed by atoms with van der Waals surface area (Å²) in [5.41, 5.74) is -0.619. The lowest BCUT2D eigenvalue weighted by atomic mass is 9.75. The van der Waals surface area contributed by atoms with E-state index in [1.165, 1.54) is 30.6 Å². The van der Waals surface area contributed by atoms with Crippen LogP contribution in [0.2, 0.25) is 0 Å². The number of para-hydroxylation sites is 1. The van der Waals surface area contributed by atoms with Crippen LogP contribution in [-0.4, -0.2) is 68.0 Å². The average Bonchev–Trinajstić information content (AvgIpc) is 3.71. The fourth-order valence-electron chi connectivity index (χ4n) is 5.32. The molecule has 0 spiro atoms. The zero-order valence-corrected chi connectivity index (χ0v) is 19.3. The smallest absolute Gasteiger partial charge is 0.241 e. The molecule has 0 unspecified atom stereocenters. The number of carbonyl (C=O) groups excluding carboxylic acids is 3. The highest BCUT2D eigenvalue weighted by Crippen LogP contribution is 2.48. The van der Waals surface area contributed by atoms with Crippen LogP contribution in [0.15, 0.2) is 24.3 Å². The van der Waals surface area contributed by atoms with E-state index in [9.17, 15) is 14.4 Å². The molecule has 1 aromatic rings. The zero-order valence-electron chi connectivity index (χ0n) is 19.3. The number of nitrogens with zero attached hydrogens (tertiary/aromatic N) is 2. The number of ether oxygens (including phenoxy) is 2. The molecule has 1 aliphatic heterocycles. The molecule has 7 heteroatoms. The summed E-state index contributed by atoms with van der Waals surface area (Å²) in [6.45, 7) is 0.754. The minimum Gasteiger partial charge on any atom is -0.496 e. The minimum atomic E-state index is -1.24. The van der Waals surface area contributed by atoms with Crippen LogP contribution in [0.3, 0.4) is 0 Å². The van der Waals surface area contributed by atoms with E-state index < -0.39 is 5.41 Å². The minimum absolute atomic E-state index is 0.0176. The summed E-state index contributed by atoms with van der Waals surface area (Å²) in [7, 11) is 5.02. The van der Waals surface area contributed by atoms with Crippen LogP contribution in [0.4, 0.5) is 0 Å². The van der Waals surface area contributed by atoms with Gasteiger partial charge in [-0.05, 0) is 50.0 Å². The summed E-state index contributed by atoms with van der Waals surface area (Å²) in [6, 6.07) is 7.51. The topological polar surface area (TPSA) is 76.2 Å².